The summed E-state index contributed by atoms with van der Waals surface area (Å²) in [7, 11) is 0. The van der Waals surface area contributed by atoms with Crippen LogP contribution in [0.5, 0.6) is 0 Å². The predicted octanol–water partition coefficient (Wildman–Crippen LogP) is 4.77. The Kier molecular flexibility index (Phi) is 5.34. The SMILES string of the molecule is Cc1ccc(N2C=CN(c3ccc(C)cc3)C(C)(NC(=O)c3ccccc3)C2=O)cc1. The van der Waals surface area contributed by atoms with Crippen LogP contribution in [-0.2, 0) is 4.79 Å². The lowest BCUT2D eigenvalue weighted by Gasteiger charge is -2.45. The van der Waals surface area contributed by atoms with Crippen LogP contribution in [0.2, 0.25) is 0 Å². The van der Waals surface area contributed by atoms with E-state index in [9.17, 15) is 9.59 Å². The Labute approximate surface area is 182 Å². The fraction of sp³-hybridized carbons (Fsp3) is 0.154. The van der Waals surface area contributed by atoms with E-state index in [0.29, 0.717) is 5.56 Å². The van der Waals surface area contributed by atoms with E-state index in [0.717, 1.165) is 22.5 Å². The van der Waals surface area contributed by atoms with Crippen LogP contribution >= 0.6 is 0 Å². The summed E-state index contributed by atoms with van der Waals surface area (Å²) in [6.07, 6.45) is 3.57. The average Bonchev–Trinajstić information content (AvgIpc) is 2.78. The van der Waals surface area contributed by atoms with Crippen LogP contribution in [0.1, 0.15) is 28.4 Å². The molecular formula is C26H25N3O2. The van der Waals surface area contributed by atoms with E-state index in [1.54, 1.807) is 47.2 Å². The molecule has 0 radical (unpaired) electrons. The molecular weight excluding hydrogens is 386 g/mol. The Morgan fingerprint density at radius 1 is 0.774 bits per heavy atom. The molecule has 1 unspecified atom stereocenters. The minimum absolute atomic E-state index is 0.247. The Morgan fingerprint density at radius 3 is 1.90 bits per heavy atom. The van der Waals surface area contributed by atoms with Gasteiger partial charge < -0.3 is 10.2 Å². The molecule has 0 fully saturated rings. The molecule has 3 aromatic carbocycles. The fourth-order valence-corrected chi connectivity index (χ4v) is 3.64. The molecule has 5 heteroatoms. The van der Waals surface area contributed by atoms with Crippen molar-refractivity contribution in [1.29, 1.82) is 0 Å². The van der Waals surface area contributed by atoms with Gasteiger partial charge >= 0.3 is 0 Å². The number of carbonyl (C=O) groups excluding carboxylic acids is 2. The minimum atomic E-state index is -1.32. The summed E-state index contributed by atoms with van der Waals surface area (Å²) in [4.78, 5) is 30.2. The Hall–Kier alpha value is -3.86. The first kappa shape index (κ1) is 20.4. The lowest BCUT2D eigenvalue weighted by atomic mass is 10.0. The van der Waals surface area contributed by atoms with E-state index in [4.69, 9.17) is 0 Å². The van der Waals surface area contributed by atoms with Crippen LogP contribution in [0.25, 0.3) is 0 Å². The van der Waals surface area contributed by atoms with Crippen molar-refractivity contribution in [2.75, 3.05) is 9.80 Å². The van der Waals surface area contributed by atoms with E-state index >= 15 is 0 Å². The monoisotopic (exact) mass is 411 g/mol. The van der Waals surface area contributed by atoms with Gasteiger partial charge in [-0.05, 0) is 57.2 Å². The van der Waals surface area contributed by atoms with Crippen molar-refractivity contribution in [2.24, 2.45) is 0 Å². The quantitative estimate of drug-likeness (QED) is 0.673. The number of nitrogens with zero attached hydrogens (tertiary/aromatic N) is 2. The number of hydrogen-bond acceptors (Lipinski definition) is 3. The van der Waals surface area contributed by atoms with Crippen molar-refractivity contribution in [3.63, 3.8) is 0 Å². The molecule has 0 saturated heterocycles. The zero-order chi connectivity index (χ0) is 22.0. The average molecular weight is 412 g/mol. The highest BCUT2D eigenvalue weighted by atomic mass is 16.2. The third-order valence-electron chi connectivity index (χ3n) is 5.50. The molecule has 0 spiro atoms. The smallest absolute Gasteiger partial charge is 0.277 e. The van der Waals surface area contributed by atoms with Gasteiger partial charge in [-0.3, -0.25) is 14.5 Å². The fourth-order valence-electron chi connectivity index (χ4n) is 3.64. The summed E-state index contributed by atoms with van der Waals surface area (Å²) in [6, 6.07) is 24.5. The number of rotatable bonds is 4. The molecule has 156 valence electrons. The summed E-state index contributed by atoms with van der Waals surface area (Å²) in [5, 5.41) is 2.98. The Balaban J connectivity index is 1.76. The number of benzene rings is 3. The van der Waals surface area contributed by atoms with E-state index < -0.39 is 5.66 Å². The molecule has 5 nitrogen and oxygen atoms in total. The maximum absolute atomic E-state index is 13.8. The van der Waals surface area contributed by atoms with Crippen LogP contribution in [0, 0.1) is 13.8 Å². The standard InChI is InChI=1S/C26H25N3O2/c1-19-9-13-22(14-10-19)28-17-18-29(23-15-11-20(2)12-16-23)26(3,25(28)31)27-24(30)21-7-5-4-6-8-21/h4-18H,1-3H3,(H,27,30). The second-order valence-corrected chi connectivity index (χ2v) is 7.91. The van der Waals surface area contributed by atoms with Crippen LogP contribution in [-0.4, -0.2) is 17.5 Å². The van der Waals surface area contributed by atoms with Gasteiger partial charge in [0.1, 0.15) is 0 Å². The number of aryl methyl sites for hydroxylation is 2. The van der Waals surface area contributed by atoms with Crippen molar-refractivity contribution >= 4 is 23.2 Å². The van der Waals surface area contributed by atoms with Gasteiger partial charge in [0.05, 0.1) is 0 Å². The number of amides is 2. The van der Waals surface area contributed by atoms with Crippen LogP contribution in [0.15, 0.2) is 91.3 Å². The Morgan fingerprint density at radius 2 is 1.32 bits per heavy atom. The molecule has 0 bridgehead atoms. The number of nitrogens with one attached hydrogen (secondary N) is 1. The molecule has 1 atom stereocenters. The van der Waals surface area contributed by atoms with E-state index in [1.807, 2.05) is 74.6 Å². The van der Waals surface area contributed by atoms with Crippen molar-refractivity contribution in [2.45, 2.75) is 26.4 Å². The maximum atomic E-state index is 13.8. The summed E-state index contributed by atoms with van der Waals surface area (Å²) < 4.78 is 0. The van der Waals surface area contributed by atoms with E-state index in [2.05, 4.69) is 5.32 Å². The third-order valence-corrected chi connectivity index (χ3v) is 5.50. The number of hydrogen-bond donors (Lipinski definition) is 1. The van der Waals surface area contributed by atoms with Crippen molar-refractivity contribution in [3.8, 4) is 0 Å². The van der Waals surface area contributed by atoms with Gasteiger partial charge in [0.15, 0.2) is 5.66 Å². The highest BCUT2D eigenvalue weighted by Crippen LogP contribution is 2.31. The lowest BCUT2D eigenvalue weighted by molar-refractivity contribution is -0.123. The Bertz CT molecular complexity index is 1120. The molecule has 3 aromatic rings. The second kappa shape index (κ2) is 8.11. The number of carbonyl (C=O) groups is 2. The first-order valence-corrected chi connectivity index (χ1v) is 10.2. The normalized spacial score (nSPS) is 18.2. The molecule has 1 heterocycles. The molecule has 0 saturated carbocycles. The highest BCUT2D eigenvalue weighted by Gasteiger charge is 2.46. The number of anilines is 2. The first-order valence-electron chi connectivity index (χ1n) is 10.2. The largest absolute Gasteiger partial charge is 0.321 e. The van der Waals surface area contributed by atoms with Crippen LogP contribution in [0.4, 0.5) is 11.4 Å². The predicted molar refractivity (Wildman–Crippen MR) is 124 cm³/mol. The van der Waals surface area contributed by atoms with Crippen molar-refractivity contribution < 1.29 is 9.59 Å². The molecule has 1 aliphatic rings. The first-order chi connectivity index (χ1) is 14.9. The van der Waals surface area contributed by atoms with Crippen LogP contribution in [0.3, 0.4) is 0 Å². The third kappa shape index (κ3) is 3.94. The minimum Gasteiger partial charge on any atom is -0.321 e. The van der Waals surface area contributed by atoms with Gasteiger partial charge in [-0.1, -0.05) is 53.6 Å². The zero-order valence-corrected chi connectivity index (χ0v) is 17.9. The van der Waals surface area contributed by atoms with Gasteiger partial charge in [0.25, 0.3) is 11.8 Å². The highest BCUT2D eigenvalue weighted by molar-refractivity contribution is 6.08. The summed E-state index contributed by atoms with van der Waals surface area (Å²) >= 11 is 0. The molecule has 0 aliphatic carbocycles. The van der Waals surface area contributed by atoms with E-state index in [1.165, 1.54) is 0 Å². The molecule has 1 aliphatic heterocycles. The second-order valence-electron chi connectivity index (χ2n) is 7.91. The van der Waals surface area contributed by atoms with E-state index in [-0.39, 0.29) is 11.8 Å². The summed E-state index contributed by atoms with van der Waals surface area (Å²) in [5.74, 6) is -0.559. The van der Waals surface area contributed by atoms with Crippen molar-refractivity contribution in [1.82, 2.24) is 5.32 Å². The van der Waals surface area contributed by atoms with Crippen LogP contribution < -0.4 is 15.1 Å². The van der Waals surface area contributed by atoms with Gasteiger partial charge in [-0.2, -0.15) is 0 Å². The zero-order valence-electron chi connectivity index (χ0n) is 17.9. The summed E-state index contributed by atoms with van der Waals surface area (Å²) in [5.41, 5.74) is 2.97. The van der Waals surface area contributed by atoms with Crippen molar-refractivity contribution in [3.05, 3.63) is 108 Å². The molecule has 31 heavy (non-hydrogen) atoms. The topological polar surface area (TPSA) is 52.6 Å². The molecule has 0 aromatic heterocycles. The maximum Gasteiger partial charge on any atom is 0.277 e. The lowest BCUT2D eigenvalue weighted by Crippen LogP contribution is -2.67. The van der Waals surface area contributed by atoms with Gasteiger partial charge in [-0.15, -0.1) is 0 Å². The molecule has 1 N–H and O–H groups in total. The molecule has 4 rings (SSSR count). The molecule has 2 amide bonds. The summed E-state index contributed by atoms with van der Waals surface area (Å²) in [6.45, 7) is 5.75. The van der Waals surface area contributed by atoms with Gasteiger partial charge in [-0.25, -0.2) is 0 Å². The van der Waals surface area contributed by atoms with Gasteiger partial charge in [0.2, 0.25) is 0 Å². The van der Waals surface area contributed by atoms with Gasteiger partial charge in [0, 0.05) is 29.3 Å².